The van der Waals surface area contributed by atoms with Crippen LogP contribution in [0.2, 0.25) is 0 Å². The minimum atomic E-state index is -2.06. The Morgan fingerprint density at radius 1 is 0.782 bits per heavy atom. The number of carbonyl (C=O) groups excluding carboxylic acids is 9. The highest BCUT2D eigenvalue weighted by molar-refractivity contribution is 5.99. The lowest BCUT2D eigenvalue weighted by molar-refractivity contribution is -0.172. The number of aryl methyl sites for hydroxylation is 1. The zero-order chi connectivity index (χ0) is 72.2. The number of pyridine rings is 2. The smallest absolute Gasteiger partial charge is 0.407 e. The number of ether oxygens (including phenoxy) is 8. The molecule has 0 radical (unpaired) electrons. The molecule has 2 aromatic heterocycles. The first-order valence-corrected chi connectivity index (χ1v) is 34.4. The third-order valence-corrected chi connectivity index (χ3v) is 18.3. The maximum atomic E-state index is 15.4. The van der Waals surface area contributed by atoms with E-state index in [1.165, 1.54) is 34.6 Å². The number of nitrogens with zero attached hydrogens (tertiary/aromatic N) is 2. The summed E-state index contributed by atoms with van der Waals surface area (Å²) in [6.07, 6.45) is 6.92. The third-order valence-electron chi connectivity index (χ3n) is 18.3. The third kappa shape index (κ3) is 20.6. The fourth-order valence-corrected chi connectivity index (χ4v) is 12.8. The van der Waals surface area contributed by atoms with Crippen molar-refractivity contribution >= 4 is 70.1 Å². The van der Waals surface area contributed by atoms with Crippen molar-refractivity contribution in [2.75, 3.05) is 97.8 Å². The number of rotatable bonds is 38. The Labute approximate surface area is 583 Å². The van der Waals surface area contributed by atoms with Crippen LogP contribution in [0.5, 0.6) is 0 Å². The Bertz CT molecular complexity index is 3790. The molecule has 5 atom stereocenters. The standard InChI is InChI=1S/C70H92FN11O19/c1-5-70(93)49-31-54-63-47(34-82(54)66(89)48(49)36-100-67(70)90)61-51(18-17-45-41(4)50(71)32-53(79-63)60(45)61)78-59(86)37-98-39-76-57(84)33-75-69(92)101-35-42-13-15-44(16-14-42)77-64(87)52(11-9-20-74-68(72)91)80-65(88)62(40(2)3)81-56(83)19-22-94-24-26-96-28-29-97-27-25-95-23-21-73-58(85)38-99-55-12-8-6-7-10-43-30-46(43)55/h13-16,31-32,40,51-52,55,62,93H,5-12,17-30,33-39H2,1-4H3,(H,73,85)(H,75,92)(H,76,84)(H,77,87)(H,78,86)(H,80,88)(H,81,83)(H3,72,74,91)/t51-,52-,55?,62-,70-/m0/s1. The van der Waals surface area contributed by atoms with Crippen LogP contribution in [-0.2, 0) is 103 Å². The molecule has 30 nitrogen and oxygen atoms in total. The number of halogens is 1. The van der Waals surface area contributed by atoms with E-state index >= 15 is 4.39 Å². The van der Waals surface area contributed by atoms with Gasteiger partial charge in [-0.3, -0.25) is 33.6 Å². The van der Waals surface area contributed by atoms with Gasteiger partial charge in [-0.05, 0) is 117 Å². The average molecular weight is 1410 g/mol. The second-order valence-electron chi connectivity index (χ2n) is 25.7. The molecule has 9 amide bonds. The van der Waals surface area contributed by atoms with Crippen molar-refractivity contribution in [3.63, 3.8) is 0 Å². The van der Waals surface area contributed by atoms with E-state index in [0.717, 1.165) is 31.2 Å². The molecule has 3 aliphatic carbocycles. The van der Waals surface area contributed by atoms with Gasteiger partial charge in [0.25, 0.3) is 5.56 Å². The Morgan fingerprint density at radius 2 is 1.51 bits per heavy atom. The van der Waals surface area contributed by atoms with Crippen LogP contribution in [0.3, 0.4) is 0 Å². The summed E-state index contributed by atoms with van der Waals surface area (Å²) in [4.78, 5) is 134. The van der Waals surface area contributed by atoms with Crippen molar-refractivity contribution in [2.45, 2.75) is 154 Å². The fourth-order valence-electron chi connectivity index (χ4n) is 12.8. The lowest BCUT2D eigenvalue weighted by atomic mass is 9.81. The monoisotopic (exact) mass is 1410 g/mol. The maximum absolute atomic E-state index is 15.4. The van der Waals surface area contributed by atoms with E-state index in [-0.39, 0.29) is 107 Å². The van der Waals surface area contributed by atoms with Crippen molar-refractivity contribution in [2.24, 2.45) is 11.7 Å². The Morgan fingerprint density at radius 3 is 2.24 bits per heavy atom. The number of nitrogens with two attached hydrogens (primary N) is 1. The van der Waals surface area contributed by atoms with Gasteiger partial charge in [-0.1, -0.05) is 51.3 Å². The zero-order valence-corrected chi connectivity index (χ0v) is 57.5. The number of esters is 1. The number of fused-ring (bicyclic) bond motifs is 5. The van der Waals surface area contributed by atoms with Gasteiger partial charge in [0.15, 0.2) is 5.60 Å². The van der Waals surface area contributed by atoms with Crippen LogP contribution in [-0.4, -0.2) is 179 Å². The molecule has 548 valence electrons. The Balaban J connectivity index is 0.634. The second kappa shape index (κ2) is 36.6. The number of aromatic nitrogens is 2. The van der Waals surface area contributed by atoms with E-state index in [2.05, 4.69) is 42.5 Å². The van der Waals surface area contributed by atoms with Gasteiger partial charge >= 0.3 is 18.1 Å². The molecule has 9 rings (SSSR count). The molecule has 0 fully saturated rings. The number of hydrogen-bond donors (Lipinski definition) is 10. The van der Waals surface area contributed by atoms with E-state index in [9.17, 15) is 53.1 Å². The molecular formula is C70H92FN11O19. The molecule has 2 aliphatic heterocycles. The molecule has 0 saturated carbocycles. The summed E-state index contributed by atoms with van der Waals surface area (Å²) in [6.45, 7) is 7.63. The highest BCUT2D eigenvalue weighted by Gasteiger charge is 2.46. The highest BCUT2D eigenvalue weighted by Crippen LogP contribution is 2.46. The summed E-state index contributed by atoms with van der Waals surface area (Å²) in [5, 5.41) is 33.3. The Kier molecular flexibility index (Phi) is 27.6. The van der Waals surface area contributed by atoms with Crippen LogP contribution in [0.15, 0.2) is 52.3 Å². The van der Waals surface area contributed by atoms with Gasteiger partial charge in [0.1, 0.15) is 57.6 Å². The van der Waals surface area contributed by atoms with Gasteiger partial charge in [0.05, 0.1) is 94.0 Å². The molecule has 101 heavy (non-hydrogen) atoms. The van der Waals surface area contributed by atoms with Crippen molar-refractivity contribution in [1.82, 2.24) is 46.8 Å². The van der Waals surface area contributed by atoms with E-state index in [1.807, 2.05) is 0 Å². The number of allylic oxidation sites excluding steroid dienone is 1. The van der Waals surface area contributed by atoms with Gasteiger partial charge in [0, 0.05) is 47.8 Å². The van der Waals surface area contributed by atoms with Crippen molar-refractivity contribution in [1.29, 1.82) is 0 Å². The zero-order valence-electron chi connectivity index (χ0n) is 57.5. The van der Waals surface area contributed by atoms with E-state index in [0.29, 0.717) is 103 Å². The number of primary amides is 1. The summed E-state index contributed by atoms with van der Waals surface area (Å²) in [5.41, 5.74) is 10.1. The molecule has 11 N–H and O–H groups in total. The predicted molar refractivity (Wildman–Crippen MR) is 362 cm³/mol. The SMILES string of the molecule is CC[C@@]1(O)C(=O)OCc2c1cc1n(c2=O)Cc2c-1nc1cc(F)c(C)c3c1c2[C@@H](NC(=O)COCNC(=O)CNC(=O)OCc1ccc(NC(=O)[C@H](CCCNC(N)=O)NC(=O)[C@@H](NC(=O)CCOCCOCCOCCOCCNC(=O)COC2CCCCCC4=C2C4)C(C)C)cc1)CC3. The number of aliphatic hydroxyl groups is 1. The van der Waals surface area contributed by atoms with E-state index in [4.69, 9.17) is 48.6 Å². The molecule has 31 heteroatoms. The fraction of sp³-hybridized carbons (Fsp3) is 0.557. The van der Waals surface area contributed by atoms with Crippen LogP contribution < -0.4 is 53.8 Å². The minimum absolute atomic E-state index is 0.0451. The molecular weight excluding hydrogens is 1320 g/mol. The van der Waals surface area contributed by atoms with Crippen LogP contribution in [0, 0.1) is 18.7 Å². The number of alkyl carbamates (subject to hydrolysis) is 1. The first kappa shape index (κ1) is 76.2. The number of anilines is 1. The molecule has 4 aromatic rings. The summed E-state index contributed by atoms with van der Waals surface area (Å²) in [6, 6.07) is 5.60. The lowest BCUT2D eigenvalue weighted by Gasteiger charge is -2.31. The van der Waals surface area contributed by atoms with Gasteiger partial charge in [-0.2, -0.15) is 0 Å². The van der Waals surface area contributed by atoms with Crippen molar-refractivity contribution < 1.29 is 90.5 Å². The van der Waals surface area contributed by atoms with Crippen LogP contribution >= 0.6 is 0 Å². The predicted octanol–water partition coefficient (Wildman–Crippen LogP) is 3.28. The first-order chi connectivity index (χ1) is 48.6. The van der Waals surface area contributed by atoms with Gasteiger partial charge in [0.2, 0.25) is 35.4 Å². The summed E-state index contributed by atoms with van der Waals surface area (Å²) < 4.78 is 60.9. The highest BCUT2D eigenvalue weighted by atomic mass is 19.1. The van der Waals surface area contributed by atoms with Gasteiger partial charge in [-0.15, -0.1) is 0 Å². The normalized spacial score (nSPS) is 17.7. The van der Waals surface area contributed by atoms with Crippen LogP contribution in [0.25, 0.3) is 22.3 Å². The number of nitrogens with one attached hydrogen (secondary N) is 8. The van der Waals surface area contributed by atoms with Crippen molar-refractivity contribution in [3.05, 3.63) is 103 Å². The summed E-state index contributed by atoms with van der Waals surface area (Å²) in [7, 11) is 0. The molecule has 0 saturated heterocycles. The van der Waals surface area contributed by atoms with Crippen LogP contribution in [0.1, 0.15) is 136 Å². The molecule has 5 aliphatic rings. The van der Waals surface area contributed by atoms with Crippen LogP contribution in [0.4, 0.5) is 19.7 Å². The van der Waals surface area contributed by atoms with Gasteiger partial charge < -0.3 is 95.8 Å². The number of carbonyl (C=O) groups is 9. The quantitative estimate of drug-likeness (QED) is 0.0117. The minimum Gasteiger partial charge on any atom is -0.458 e. The van der Waals surface area contributed by atoms with Gasteiger partial charge in [-0.25, -0.2) is 23.8 Å². The number of cyclic esters (lactones) is 1. The van der Waals surface area contributed by atoms with Crippen molar-refractivity contribution in [3.8, 4) is 11.4 Å². The Hall–Kier alpha value is -8.98. The molecule has 4 heterocycles. The first-order valence-electron chi connectivity index (χ1n) is 34.4. The summed E-state index contributed by atoms with van der Waals surface area (Å²) >= 11 is 0. The molecule has 1 unspecified atom stereocenters. The topological polar surface area (TPSA) is 405 Å². The average Bonchev–Trinajstić information content (AvgIpc) is 1.61. The molecule has 0 bridgehead atoms. The lowest BCUT2D eigenvalue weighted by Crippen LogP contribution is -2.54. The van der Waals surface area contributed by atoms with E-state index in [1.54, 1.807) is 58.0 Å². The summed E-state index contributed by atoms with van der Waals surface area (Å²) in [5.74, 6) is -4.75. The number of hydrogen-bond acceptors (Lipinski definition) is 20. The largest absolute Gasteiger partial charge is 0.458 e. The maximum Gasteiger partial charge on any atom is 0.407 e. The second-order valence-corrected chi connectivity index (χ2v) is 25.7. The molecule has 0 spiro atoms. The number of benzene rings is 2. The number of amides is 9. The number of urea groups is 1. The molecule has 2 aromatic carbocycles. The van der Waals surface area contributed by atoms with E-state index < -0.39 is 103 Å².